The lowest BCUT2D eigenvalue weighted by atomic mass is 9.97. The smallest absolute Gasteiger partial charge is 0.196 e. The minimum absolute atomic E-state index is 0.153. The van der Waals surface area contributed by atoms with Crippen molar-refractivity contribution in [2.75, 3.05) is 20.7 Å². The first-order valence-electron chi connectivity index (χ1n) is 11.1. The molecule has 2 aromatic heterocycles. The largest absolute Gasteiger partial charge is 0.369 e. The molecule has 34 heavy (non-hydrogen) atoms. The van der Waals surface area contributed by atoms with Crippen LogP contribution in [-0.2, 0) is 4.74 Å². The van der Waals surface area contributed by atoms with Crippen LogP contribution in [0.1, 0.15) is 41.4 Å². The number of aliphatic imine (C=N–C) groups is 1. The molecule has 174 valence electrons. The monoisotopic (exact) mass is 523 g/mol. The van der Waals surface area contributed by atoms with Crippen LogP contribution in [0.3, 0.4) is 0 Å². The Bertz CT molecular complexity index is 1430. The molecule has 0 saturated carbocycles. The molecule has 0 N–H and O–H groups in total. The number of halogens is 2. The number of ketones is 1. The zero-order valence-electron chi connectivity index (χ0n) is 18.8. The lowest BCUT2D eigenvalue weighted by Crippen LogP contribution is -2.18. The Morgan fingerprint density at radius 2 is 2.09 bits per heavy atom. The van der Waals surface area contributed by atoms with E-state index < -0.39 is 5.82 Å². The third kappa shape index (κ3) is 4.10. The average molecular weight is 524 g/mol. The molecule has 1 aliphatic rings. The number of rotatable bonds is 5. The van der Waals surface area contributed by atoms with Crippen LogP contribution in [0, 0.1) is 5.82 Å². The molecule has 1 aliphatic heterocycles. The zero-order chi connectivity index (χ0) is 23.8. The Labute approximate surface area is 204 Å². The van der Waals surface area contributed by atoms with Gasteiger partial charge in [0.2, 0.25) is 0 Å². The third-order valence-electron chi connectivity index (χ3n) is 5.82. The summed E-state index contributed by atoms with van der Waals surface area (Å²) in [6.07, 6.45) is 7.60. The van der Waals surface area contributed by atoms with Gasteiger partial charge in [0.1, 0.15) is 11.7 Å². The minimum Gasteiger partial charge on any atom is -0.369 e. The van der Waals surface area contributed by atoms with E-state index >= 15 is 0 Å². The number of pyridine rings is 1. The summed E-state index contributed by atoms with van der Waals surface area (Å²) in [5, 5.41) is 5.62. The molecular formula is C25H23BrFN5O2. The van der Waals surface area contributed by atoms with Gasteiger partial charge in [-0.2, -0.15) is 5.10 Å². The highest BCUT2D eigenvalue weighted by molar-refractivity contribution is 9.10. The Hall–Kier alpha value is -3.17. The molecular weight excluding hydrogens is 501 g/mol. The van der Waals surface area contributed by atoms with Gasteiger partial charge in [0.05, 0.1) is 23.1 Å². The maximum absolute atomic E-state index is 14.7. The predicted molar refractivity (Wildman–Crippen MR) is 133 cm³/mol. The van der Waals surface area contributed by atoms with E-state index in [4.69, 9.17) is 4.74 Å². The van der Waals surface area contributed by atoms with E-state index in [9.17, 15) is 9.18 Å². The first kappa shape index (κ1) is 22.6. The number of carbonyl (C=O) groups is 1. The number of ether oxygens (including phenoxy) is 1. The standard InChI is InChI=1S/C25H23BrFN5O2/c1-31(2)14-29-22-16-6-5-10-28-23(16)19(26)12-17(22)25(33)15-8-9-20(27)24-18(15)13-32(30-24)21-7-3-4-11-34-21/h5-6,8-10,12-14,21H,3-4,7,11H2,1-2H3/b29-14+. The van der Waals surface area contributed by atoms with Crippen molar-refractivity contribution >= 4 is 55.5 Å². The van der Waals surface area contributed by atoms with Gasteiger partial charge < -0.3 is 9.64 Å². The van der Waals surface area contributed by atoms with Gasteiger partial charge in [-0.1, -0.05) is 0 Å². The molecule has 0 bridgehead atoms. The van der Waals surface area contributed by atoms with Crippen molar-refractivity contribution in [2.45, 2.75) is 25.5 Å². The summed E-state index contributed by atoms with van der Waals surface area (Å²) in [7, 11) is 3.71. The molecule has 0 radical (unpaired) electrons. The van der Waals surface area contributed by atoms with E-state index in [2.05, 4.69) is 31.0 Å². The van der Waals surface area contributed by atoms with Gasteiger partial charge in [0, 0.05) is 53.9 Å². The van der Waals surface area contributed by atoms with Crippen molar-refractivity contribution in [2.24, 2.45) is 4.99 Å². The van der Waals surface area contributed by atoms with Gasteiger partial charge in [-0.3, -0.25) is 9.78 Å². The quantitative estimate of drug-likeness (QED) is 0.192. The molecule has 0 aliphatic carbocycles. The molecule has 1 atom stereocenters. The van der Waals surface area contributed by atoms with Crippen LogP contribution in [0.15, 0.2) is 52.2 Å². The number of aromatic nitrogens is 3. The molecule has 1 unspecified atom stereocenters. The first-order valence-corrected chi connectivity index (χ1v) is 11.8. The number of carbonyl (C=O) groups excluding carboxylic acids is 1. The summed E-state index contributed by atoms with van der Waals surface area (Å²) < 4.78 is 22.8. The molecule has 0 spiro atoms. The van der Waals surface area contributed by atoms with Gasteiger partial charge in [0.15, 0.2) is 11.6 Å². The first-order chi connectivity index (χ1) is 16.4. The Balaban J connectivity index is 1.68. The number of fused-ring (bicyclic) bond motifs is 2. The number of hydrogen-bond donors (Lipinski definition) is 0. The van der Waals surface area contributed by atoms with Gasteiger partial charge in [0.25, 0.3) is 0 Å². The second kappa shape index (κ2) is 9.23. The summed E-state index contributed by atoms with van der Waals surface area (Å²) in [5.41, 5.74) is 2.11. The summed E-state index contributed by atoms with van der Waals surface area (Å²) in [6.45, 7) is 0.640. The third-order valence-corrected chi connectivity index (χ3v) is 6.42. The Morgan fingerprint density at radius 3 is 2.85 bits per heavy atom. The maximum Gasteiger partial charge on any atom is 0.196 e. The highest BCUT2D eigenvalue weighted by atomic mass is 79.9. The van der Waals surface area contributed by atoms with E-state index in [0.717, 1.165) is 24.6 Å². The minimum atomic E-state index is -0.476. The molecule has 1 fully saturated rings. The van der Waals surface area contributed by atoms with Crippen LogP contribution in [0.5, 0.6) is 0 Å². The van der Waals surface area contributed by atoms with Crippen molar-refractivity contribution in [3.8, 4) is 0 Å². The van der Waals surface area contributed by atoms with E-state index in [1.807, 2.05) is 26.2 Å². The maximum atomic E-state index is 14.7. The fourth-order valence-electron chi connectivity index (χ4n) is 4.19. The fraction of sp³-hybridized carbons (Fsp3) is 0.280. The molecule has 3 heterocycles. The van der Waals surface area contributed by atoms with E-state index in [1.165, 1.54) is 12.1 Å². The van der Waals surface area contributed by atoms with E-state index in [0.29, 0.717) is 38.8 Å². The Kier molecular flexibility index (Phi) is 6.14. The summed E-state index contributed by atoms with van der Waals surface area (Å²) in [5.74, 6) is -0.748. The highest BCUT2D eigenvalue weighted by Crippen LogP contribution is 2.37. The second-order valence-corrected chi connectivity index (χ2v) is 9.33. The summed E-state index contributed by atoms with van der Waals surface area (Å²) in [6, 6.07) is 8.21. The van der Waals surface area contributed by atoms with Crippen LogP contribution in [0.4, 0.5) is 10.1 Å². The molecule has 5 rings (SSSR count). The van der Waals surface area contributed by atoms with Crippen LogP contribution in [0.25, 0.3) is 21.8 Å². The SMILES string of the molecule is CN(C)/C=N/c1c(C(=O)c2ccc(F)c3nn(C4CCCCO4)cc23)cc(Br)c2ncccc12. The predicted octanol–water partition coefficient (Wildman–Crippen LogP) is 5.64. The number of benzene rings is 2. The highest BCUT2D eigenvalue weighted by Gasteiger charge is 2.24. The van der Waals surface area contributed by atoms with Gasteiger partial charge in [-0.25, -0.2) is 14.1 Å². The van der Waals surface area contributed by atoms with Gasteiger partial charge in [-0.05, 0) is 65.5 Å². The molecule has 2 aromatic carbocycles. The van der Waals surface area contributed by atoms with Crippen LogP contribution >= 0.6 is 15.9 Å². The topological polar surface area (TPSA) is 72.6 Å². The van der Waals surface area contributed by atoms with Crippen molar-refractivity contribution in [1.82, 2.24) is 19.7 Å². The van der Waals surface area contributed by atoms with Crippen LogP contribution in [-0.4, -0.2) is 52.5 Å². The van der Waals surface area contributed by atoms with Gasteiger partial charge in [-0.15, -0.1) is 0 Å². The van der Waals surface area contributed by atoms with Crippen molar-refractivity contribution < 1.29 is 13.9 Å². The lowest BCUT2D eigenvalue weighted by Gasteiger charge is -2.22. The average Bonchev–Trinajstić information content (AvgIpc) is 3.30. The Morgan fingerprint density at radius 1 is 1.24 bits per heavy atom. The van der Waals surface area contributed by atoms with Crippen molar-refractivity contribution in [3.63, 3.8) is 0 Å². The molecule has 9 heteroatoms. The van der Waals surface area contributed by atoms with Crippen molar-refractivity contribution in [3.05, 3.63) is 64.1 Å². The lowest BCUT2D eigenvalue weighted by molar-refractivity contribution is -0.0391. The zero-order valence-corrected chi connectivity index (χ0v) is 20.4. The summed E-state index contributed by atoms with van der Waals surface area (Å²) >= 11 is 3.55. The number of hydrogen-bond acceptors (Lipinski definition) is 5. The van der Waals surface area contributed by atoms with Crippen LogP contribution < -0.4 is 0 Å². The molecule has 4 aromatic rings. The molecule has 1 saturated heterocycles. The number of nitrogens with zero attached hydrogens (tertiary/aromatic N) is 5. The van der Waals surface area contributed by atoms with E-state index in [-0.39, 0.29) is 17.5 Å². The summed E-state index contributed by atoms with van der Waals surface area (Å²) in [4.78, 5) is 24.7. The van der Waals surface area contributed by atoms with Gasteiger partial charge >= 0.3 is 0 Å². The van der Waals surface area contributed by atoms with Crippen molar-refractivity contribution in [1.29, 1.82) is 0 Å². The van der Waals surface area contributed by atoms with E-state index in [1.54, 1.807) is 34.4 Å². The fourth-order valence-corrected chi connectivity index (χ4v) is 4.74. The molecule has 7 nitrogen and oxygen atoms in total. The second-order valence-electron chi connectivity index (χ2n) is 8.48. The van der Waals surface area contributed by atoms with Crippen LogP contribution in [0.2, 0.25) is 0 Å². The normalized spacial score (nSPS) is 16.5. The molecule has 0 amide bonds.